The number of carbonyl (C=O) groups is 3. The van der Waals surface area contributed by atoms with Crippen LogP contribution in [0.25, 0.3) is 0 Å². The van der Waals surface area contributed by atoms with Crippen LogP contribution in [0.3, 0.4) is 0 Å². The summed E-state index contributed by atoms with van der Waals surface area (Å²) in [5.41, 5.74) is 1.88. The lowest BCUT2D eigenvalue weighted by molar-refractivity contribution is -0.384. The number of nitrogens with one attached hydrogen (secondary N) is 1. The van der Waals surface area contributed by atoms with Gasteiger partial charge in [0.05, 0.1) is 16.1 Å². The van der Waals surface area contributed by atoms with Crippen LogP contribution in [-0.4, -0.2) is 50.5 Å². The molecule has 0 saturated heterocycles. The number of nitro groups is 1. The van der Waals surface area contributed by atoms with E-state index in [-0.39, 0.29) is 29.3 Å². The number of nitro benzene ring substituents is 1. The highest BCUT2D eigenvalue weighted by Gasteiger charge is 2.38. The summed E-state index contributed by atoms with van der Waals surface area (Å²) in [5, 5.41) is 10.9. The number of H-pyrrole nitrogens is 1. The summed E-state index contributed by atoms with van der Waals surface area (Å²) in [6.45, 7) is 0.549. The van der Waals surface area contributed by atoms with Crippen molar-refractivity contribution in [2.75, 3.05) is 13.1 Å². The molecule has 132 valence electrons. The van der Waals surface area contributed by atoms with Crippen LogP contribution in [0.5, 0.6) is 0 Å². The number of aromatic amines is 1. The van der Waals surface area contributed by atoms with Crippen molar-refractivity contribution in [2.45, 2.75) is 13.0 Å². The van der Waals surface area contributed by atoms with Gasteiger partial charge in [-0.15, -0.1) is 0 Å². The molecule has 4 rings (SSSR count). The Kier molecular flexibility index (Phi) is 3.57. The van der Waals surface area contributed by atoms with E-state index in [1.807, 2.05) is 12.3 Å². The summed E-state index contributed by atoms with van der Waals surface area (Å²) in [6, 6.07) is 5.40. The molecular formula is C17H14N4O5. The van der Waals surface area contributed by atoms with Crippen molar-refractivity contribution in [3.63, 3.8) is 0 Å². The summed E-state index contributed by atoms with van der Waals surface area (Å²) >= 11 is 0. The second-order valence-electron chi connectivity index (χ2n) is 6.23. The summed E-state index contributed by atoms with van der Waals surface area (Å²) < 4.78 is 0. The van der Waals surface area contributed by atoms with Gasteiger partial charge in [0.15, 0.2) is 0 Å². The molecule has 3 heterocycles. The molecule has 0 spiro atoms. The van der Waals surface area contributed by atoms with Gasteiger partial charge in [0.2, 0.25) is 5.91 Å². The monoisotopic (exact) mass is 354 g/mol. The summed E-state index contributed by atoms with van der Waals surface area (Å²) in [6.07, 6.45) is 2.50. The van der Waals surface area contributed by atoms with Gasteiger partial charge in [0, 0.05) is 43.5 Å². The number of carbonyl (C=O) groups excluding carboxylic acids is 3. The molecule has 0 atom stereocenters. The van der Waals surface area contributed by atoms with Gasteiger partial charge in [-0.05, 0) is 17.7 Å². The number of non-ortho nitro benzene ring substituents is 1. The Bertz CT molecular complexity index is 964. The maximum absolute atomic E-state index is 12.6. The minimum absolute atomic E-state index is 0.0384. The van der Waals surface area contributed by atoms with Crippen LogP contribution in [0, 0.1) is 10.1 Å². The number of hydrogen-bond donors (Lipinski definition) is 1. The Balaban J connectivity index is 1.52. The third-order valence-electron chi connectivity index (χ3n) is 4.73. The standard InChI is InChI=1S/C17H14N4O5/c22-15(19-6-4-14-10(8-19)3-5-18-14)9-20-16(23)12-2-1-11(21(25)26)7-13(12)17(20)24/h1-3,5,7,18H,4,6,8-9H2. The molecule has 9 heteroatoms. The Morgan fingerprint density at radius 2 is 1.96 bits per heavy atom. The highest BCUT2D eigenvalue weighted by atomic mass is 16.6. The fraction of sp³-hybridized carbons (Fsp3) is 0.235. The second-order valence-corrected chi connectivity index (χ2v) is 6.23. The van der Waals surface area contributed by atoms with E-state index in [0.717, 1.165) is 22.2 Å². The summed E-state index contributed by atoms with van der Waals surface area (Å²) in [5.74, 6) is -1.62. The maximum atomic E-state index is 12.6. The lowest BCUT2D eigenvalue weighted by Gasteiger charge is -2.28. The van der Waals surface area contributed by atoms with Crippen LogP contribution in [0.2, 0.25) is 0 Å². The molecule has 0 saturated carbocycles. The third-order valence-corrected chi connectivity index (χ3v) is 4.73. The zero-order valence-corrected chi connectivity index (χ0v) is 13.6. The van der Waals surface area contributed by atoms with Crippen LogP contribution < -0.4 is 0 Å². The SMILES string of the molecule is O=C(CN1C(=O)c2ccc([N+](=O)[O-])cc2C1=O)N1CCc2[nH]ccc2C1. The molecule has 0 bridgehead atoms. The first kappa shape index (κ1) is 16.0. The Morgan fingerprint density at radius 1 is 1.19 bits per heavy atom. The molecule has 1 N–H and O–H groups in total. The molecule has 0 aliphatic carbocycles. The second kappa shape index (κ2) is 5.80. The average Bonchev–Trinajstić information content (AvgIpc) is 3.19. The minimum atomic E-state index is -0.679. The summed E-state index contributed by atoms with van der Waals surface area (Å²) in [7, 11) is 0. The van der Waals surface area contributed by atoms with E-state index in [1.165, 1.54) is 12.1 Å². The first-order chi connectivity index (χ1) is 12.5. The molecule has 1 aromatic heterocycles. The smallest absolute Gasteiger partial charge is 0.270 e. The Hall–Kier alpha value is -3.49. The Labute approximate surface area is 147 Å². The van der Waals surface area contributed by atoms with E-state index in [4.69, 9.17) is 0 Å². The molecule has 0 fully saturated rings. The molecule has 2 aliphatic rings. The third kappa shape index (κ3) is 2.44. The van der Waals surface area contributed by atoms with Gasteiger partial charge in [0.25, 0.3) is 17.5 Å². The van der Waals surface area contributed by atoms with Crippen molar-refractivity contribution in [1.29, 1.82) is 0 Å². The van der Waals surface area contributed by atoms with Crippen molar-refractivity contribution < 1.29 is 19.3 Å². The van der Waals surface area contributed by atoms with Crippen molar-refractivity contribution in [3.8, 4) is 0 Å². The summed E-state index contributed by atoms with van der Waals surface area (Å²) in [4.78, 5) is 53.3. The predicted octanol–water partition coefficient (Wildman–Crippen LogP) is 1.10. The minimum Gasteiger partial charge on any atom is -0.365 e. The van der Waals surface area contributed by atoms with E-state index in [1.54, 1.807) is 4.90 Å². The number of imide groups is 1. The molecule has 26 heavy (non-hydrogen) atoms. The van der Waals surface area contributed by atoms with Gasteiger partial charge < -0.3 is 9.88 Å². The van der Waals surface area contributed by atoms with Crippen molar-refractivity contribution >= 4 is 23.4 Å². The predicted molar refractivity (Wildman–Crippen MR) is 88.4 cm³/mol. The first-order valence-electron chi connectivity index (χ1n) is 8.03. The van der Waals surface area contributed by atoms with E-state index >= 15 is 0 Å². The van der Waals surface area contributed by atoms with Crippen LogP contribution in [0.1, 0.15) is 32.0 Å². The zero-order valence-electron chi connectivity index (χ0n) is 13.6. The fourth-order valence-electron chi connectivity index (χ4n) is 3.33. The number of fused-ring (bicyclic) bond motifs is 2. The number of hydrogen-bond acceptors (Lipinski definition) is 5. The number of nitrogens with zero attached hydrogens (tertiary/aromatic N) is 3. The quantitative estimate of drug-likeness (QED) is 0.503. The van der Waals surface area contributed by atoms with Gasteiger partial charge in [-0.2, -0.15) is 0 Å². The van der Waals surface area contributed by atoms with Gasteiger partial charge >= 0.3 is 0 Å². The number of aromatic nitrogens is 1. The average molecular weight is 354 g/mol. The molecule has 1 aromatic carbocycles. The lowest BCUT2D eigenvalue weighted by atomic mass is 10.1. The van der Waals surface area contributed by atoms with Crippen molar-refractivity contribution in [3.05, 3.63) is 63.0 Å². The zero-order chi connectivity index (χ0) is 18.4. The van der Waals surface area contributed by atoms with E-state index in [9.17, 15) is 24.5 Å². The van der Waals surface area contributed by atoms with E-state index in [0.29, 0.717) is 19.5 Å². The molecule has 2 aromatic rings. The highest BCUT2D eigenvalue weighted by Crippen LogP contribution is 2.27. The lowest BCUT2D eigenvalue weighted by Crippen LogP contribution is -2.44. The molecular weight excluding hydrogens is 340 g/mol. The largest absolute Gasteiger partial charge is 0.365 e. The normalized spacial score (nSPS) is 15.8. The van der Waals surface area contributed by atoms with E-state index < -0.39 is 16.7 Å². The number of benzene rings is 1. The molecule has 0 unspecified atom stereocenters. The number of amides is 3. The highest BCUT2D eigenvalue weighted by molar-refractivity contribution is 6.22. The molecule has 2 aliphatic heterocycles. The number of rotatable bonds is 3. The molecule has 3 amide bonds. The molecule has 0 radical (unpaired) electrons. The van der Waals surface area contributed by atoms with Crippen molar-refractivity contribution in [1.82, 2.24) is 14.8 Å². The van der Waals surface area contributed by atoms with Gasteiger partial charge in [-0.3, -0.25) is 29.4 Å². The molecule has 9 nitrogen and oxygen atoms in total. The van der Waals surface area contributed by atoms with Crippen LogP contribution >= 0.6 is 0 Å². The first-order valence-corrected chi connectivity index (χ1v) is 8.03. The van der Waals surface area contributed by atoms with Crippen LogP contribution in [0.15, 0.2) is 30.5 Å². The Morgan fingerprint density at radius 3 is 2.73 bits per heavy atom. The van der Waals surface area contributed by atoms with Gasteiger partial charge in [-0.25, -0.2) is 0 Å². The van der Waals surface area contributed by atoms with E-state index in [2.05, 4.69) is 4.98 Å². The van der Waals surface area contributed by atoms with Crippen molar-refractivity contribution in [2.24, 2.45) is 0 Å². The van der Waals surface area contributed by atoms with Crippen LogP contribution in [-0.2, 0) is 17.8 Å². The van der Waals surface area contributed by atoms with Gasteiger partial charge in [0.1, 0.15) is 6.54 Å². The fourth-order valence-corrected chi connectivity index (χ4v) is 3.33. The maximum Gasteiger partial charge on any atom is 0.270 e. The van der Waals surface area contributed by atoms with Crippen LogP contribution in [0.4, 0.5) is 5.69 Å². The van der Waals surface area contributed by atoms with Gasteiger partial charge in [-0.1, -0.05) is 0 Å². The topological polar surface area (TPSA) is 117 Å².